The minimum absolute atomic E-state index is 0.187. The molecule has 0 radical (unpaired) electrons. The lowest BCUT2D eigenvalue weighted by molar-refractivity contribution is -0.156. The number of likely N-dealkylation sites (tertiary alicyclic amines) is 1. The average molecular weight is 505 g/mol. The van der Waals surface area contributed by atoms with E-state index in [4.69, 9.17) is 9.47 Å². The van der Waals surface area contributed by atoms with Crippen molar-refractivity contribution in [3.05, 3.63) is 25.3 Å². The fourth-order valence-corrected chi connectivity index (χ4v) is 6.28. The SMILES string of the molecule is C=CCCCCOC(=O)[C@@H]1[C@@H]2CCC3(O2)C(C(=O)N(CC=C)CCCCC)N([C@@H](CC)CO)C(=O)[C@H]13. The number of nitrogens with zero attached hydrogens (tertiary/aromatic N) is 2. The first-order valence-electron chi connectivity index (χ1n) is 13.7. The maximum absolute atomic E-state index is 14.1. The second-order valence-corrected chi connectivity index (χ2v) is 10.3. The van der Waals surface area contributed by atoms with Crippen LogP contribution in [-0.4, -0.2) is 82.8 Å². The van der Waals surface area contributed by atoms with E-state index in [9.17, 15) is 19.5 Å². The first-order chi connectivity index (χ1) is 17.4. The molecule has 2 amide bonds. The number of unbranched alkanes of at least 4 members (excludes halogenated alkanes) is 4. The third-order valence-electron chi connectivity index (χ3n) is 8.06. The summed E-state index contributed by atoms with van der Waals surface area (Å²) in [5.74, 6) is -2.39. The number of amides is 2. The van der Waals surface area contributed by atoms with E-state index < -0.39 is 41.6 Å². The quantitative estimate of drug-likeness (QED) is 0.197. The maximum Gasteiger partial charge on any atom is 0.312 e. The number of aliphatic hydroxyl groups is 1. The summed E-state index contributed by atoms with van der Waals surface area (Å²) in [6.07, 6.45) is 10.1. The zero-order valence-electron chi connectivity index (χ0n) is 22.0. The van der Waals surface area contributed by atoms with Gasteiger partial charge >= 0.3 is 5.97 Å². The van der Waals surface area contributed by atoms with Crippen molar-refractivity contribution in [2.45, 2.75) is 95.4 Å². The molecule has 0 saturated carbocycles. The van der Waals surface area contributed by atoms with Crippen LogP contribution in [0.15, 0.2) is 25.3 Å². The smallest absolute Gasteiger partial charge is 0.312 e. The van der Waals surface area contributed by atoms with Crippen molar-refractivity contribution < 1.29 is 29.0 Å². The van der Waals surface area contributed by atoms with Crippen LogP contribution < -0.4 is 0 Å². The lowest BCUT2D eigenvalue weighted by atomic mass is 9.70. The van der Waals surface area contributed by atoms with Crippen LogP contribution in [0.2, 0.25) is 0 Å². The van der Waals surface area contributed by atoms with Crippen LogP contribution in [0, 0.1) is 11.8 Å². The van der Waals surface area contributed by atoms with Crippen LogP contribution in [0.1, 0.15) is 71.6 Å². The van der Waals surface area contributed by atoms with Crippen molar-refractivity contribution in [3.8, 4) is 0 Å². The highest BCUT2D eigenvalue weighted by molar-refractivity contribution is 5.98. The molecule has 36 heavy (non-hydrogen) atoms. The molecule has 1 spiro atoms. The lowest BCUT2D eigenvalue weighted by Gasteiger charge is -2.39. The number of ether oxygens (including phenoxy) is 2. The number of rotatable bonds is 16. The molecule has 3 heterocycles. The number of allylic oxidation sites excluding steroid dienone is 1. The monoisotopic (exact) mass is 504 g/mol. The first kappa shape index (κ1) is 28.4. The van der Waals surface area contributed by atoms with Crippen LogP contribution in [0.3, 0.4) is 0 Å². The maximum atomic E-state index is 14.1. The van der Waals surface area contributed by atoms with E-state index in [1.807, 2.05) is 13.0 Å². The number of carbonyl (C=O) groups is 3. The molecular formula is C28H44N2O6. The third-order valence-corrected chi connectivity index (χ3v) is 8.06. The van der Waals surface area contributed by atoms with Gasteiger partial charge in [-0.1, -0.05) is 38.8 Å². The van der Waals surface area contributed by atoms with Crippen LogP contribution in [0.5, 0.6) is 0 Å². The van der Waals surface area contributed by atoms with Gasteiger partial charge in [-0.25, -0.2) is 0 Å². The fraction of sp³-hybridized carbons (Fsp3) is 0.750. The Morgan fingerprint density at radius 2 is 2.03 bits per heavy atom. The van der Waals surface area contributed by atoms with Gasteiger partial charge < -0.3 is 24.4 Å². The Morgan fingerprint density at radius 1 is 1.25 bits per heavy atom. The Balaban J connectivity index is 1.90. The molecule has 8 heteroatoms. The summed E-state index contributed by atoms with van der Waals surface area (Å²) in [4.78, 5) is 44.5. The highest BCUT2D eigenvalue weighted by atomic mass is 16.6. The molecule has 3 rings (SSSR count). The van der Waals surface area contributed by atoms with Gasteiger partial charge in [-0.05, 0) is 44.9 Å². The van der Waals surface area contributed by atoms with Gasteiger partial charge in [0.15, 0.2) is 0 Å². The fourth-order valence-electron chi connectivity index (χ4n) is 6.28. The summed E-state index contributed by atoms with van der Waals surface area (Å²) in [7, 11) is 0. The van der Waals surface area contributed by atoms with E-state index in [0.29, 0.717) is 32.4 Å². The minimum atomic E-state index is -1.07. The summed E-state index contributed by atoms with van der Waals surface area (Å²) in [6.45, 7) is 12.5. The number of carbonyl (C=O) groups excluding carboxylic acids is 3. The highest BCUT2D eigenvalue weighted by Gasteiger charge is 2.75. The van der Waals surface area contributed by atoms with Gasteiger partial charge in [0.1, 0.15) is 11.6 Å². The molecule has 3 aliphatic heterocycles. The molecular weight excluding hydrogens is 460 g/mol. The summed E-state index contributed by atoms with van der Waals surface area (Å²) in [6, 6.07) is -1.39. The van der Waals surface area contributed by atoms with Crippen LogP contribution in [0.4, 0.5) is 0 Å². The Kier molecular flexibility index (Phi) is 10.1. The van der Waals surface area contributed by atoms with Crippen LogP contribution in [0.25, 0.3) is 0 Å². The van der Waals surface area contributed by atoms with Crippen molar-refractivity contribution in [2.24, 2.45) is 11.8 Å². The molecule has 3 saturated heterocycles. The Morgan fingerprint density at radius 3 is 2.67 bits per heavy atom. The minimum Gasteiger partial charge on any atom is -0.465 e. The van der Waals surface area contributed by atoms with Gasteiger partial charge in [0.05, 0.1) is 37.2 Å². The Hall–Kier alpha value is -2.19. The second kappa shape index (κ2) is 12.9. The zero-order chi connectivity index (χ0) is 26.3. The van der Waals surface area contributed by atoms with Crippen molar-refractivity contribution in [1.29, 1.82) is 0 Å². The molecule has 3 aliphatic rings. The van der Waals surface area contributed by atoms with E-state index in [2.05, 4.69) is 20.1 Å². The predicted octanol–water partition coefficient (Wildman–Crippen LogP) is 3.24. The largest absolute Gasteiger partial charge is 0.465 e. The summed E-state index contributed by atoms with van der Waals surface area (Å²) in [5.41, 5.74) is -1.07. The molecule has 0 aromatic rings. The molecule has 0 aliphatic carbocycles. The third kappa shape index (κ3) is 5.25. The number of fused-ring (bicyclic) bond motifs is 1. The summed E-state index contributed by atoms with van der Waals surface area (Å²) >= 11 is 0. The molecule has 0 aromatic carbocycles. The van der Waals surface area contributed by atoms with Gasteiger partial charge in [-0.15, -0.1) is 13.2 Å². The molecule has 6 atom stereocenters. The lowest BCUT2D eigenvalue weighted by Crippen LogP contribution is -2.58. The summed E-state index contributed by atoms with van der Waals surface area (Å²) < 4.78 is 12.1. The first-order valence-corrected chi connectivity index (χ1v) is 13.7. The second-order valence-electron chi connectivity index (χ2n) is 10.3. The van der Waals surface area contributed by atoms with Crippen molar-refractivity contribution in [3.63, 3.8) is 0 Å². The number of hydrogen-bond donors (Lipinski definition) is 1. The Labute approximate surface area is 215 Å². The number of hydrogen-bond acceptors (Lipinski definition) is 6. The van der Waals surface area contributed by atoms with Gasteiger partial charge in [-0.2, -0.15) is 0 Å². The van der Waals surface area contributed by atoms with E-state index in [-0.39, 0.29) is 25.0 Å². The van der Waals surface area contributed by atoms with Crippen molar-refractivity contribution in [2.75, 3.05) is 26.3 Å². The molecule has 2 unspecified atom stereocenters. The van der Waals surface area contributed by atoms with Gasteiger partial charge in [0, 0.05) is 13.1 Å². The summed E-state index contributed by atoms with van der Waals surface area (Å²) in [5, 5.41) is 10.1. The van der Waals surface area contributed by atoms with E-state index >= 15 is 0 Å². The molecule has 1 N–H and O–H groups in total. The topological polar surface area (TPSA) is 96.4 Å². The normalized spacial score (nSPS) is 29.2. The molecule has 2 bridgehead atoms. The molecule has 8 nitrogen and oxygen atoms in total. The van der Waals surface area contributed by atoms with Crippen LogP contribution >= 0.6 is 0 Å². The number of esters is 1. The van der Waals surface area contributed by atoms with Gasteiger partial charge in [0.25, 0.3) is 0 Å². The van der Waals surface area contributed by atoms with E-state index in [1.165, 1.54) is 4.90 Å². The molecule has 0 aromatic heterocycles. The van der Waals surface area contributed by atoms with Crippen molar-refractivity contribution >= 4 is 17.8 Å². The molecule has 202 valence electrons. The van der Waals surface area contributed by atoms with Gasteiger partial charge in [-0.3, -0.25) is 14.4 Å². The highest BCUT2D eigenvalue weighted by Crippen LogP contribution is 2.59. The van der Waals surface area contributed by atoms with Crippen molar-refractivity contribution in [1.82, 2.24) is 9.80 Å². The van der Waals surface area contributed by atoms with E-state index in [0.717, 1.165) is 38.5 Å². The van der Waals surface area contributed by atoms with E-state index in [1.54, 1.807) is 11.0 Å². The van der Waals surface area contributed by atoms with Gasteiger partial charge in [0.2, 0.25) is 11.8 Å². The number of aliphatic hydroxyl groups excluding tert-OH is 1. The Bertz CT molecular complexity index is 812. The predicted molar refractivity (Wildman–Crippen MR) is 137 cm³/mol. The van der Waals surface area contributed by atoms with Crippen LogP contribution in [-0.2, 0) is 23.9 Å². The standard InChI is InChI=1S/C28H44N2O6/c1-5-9-11-13-18-35-27(34)22-21-14-15-28(36-21)23(22)25(32)30(20(8-4)19-31)24(28)26(33)29(16-7-3)17-12-10-6-2/h5,7,20-24,31H,1,3,6,8-19H2,2,4H3/t20-,21-,22+,23-,24?,28?/m0/s1. The average Bonchev–Trinajstić information content (AvgIpc) is 3.51. The zero-order valence-corrected chi connectivity index (χ0v) is 22.0. The molecule has 3 fully saturated rings.